The molecule has 1 amide bonds. The van der Waals surface area contributed by atoms with Gasteiger partial charge in [0.05, 0.1) is 16.9 Å². The first-order valence-electron chi connectivity index (χ1n) is 7.59. The molecule has 0 bridgehead atoms. The SMILES string of the molecule is CCC1C(=O)N2C(C(=O)OCc3ccc([N+](=O)[O-])cc3)=C(S)CC12. The standard InChI is InChI=1S/C16H16N2O5S/c1-2-11-12-7-13(24)14(17(12)15(11)19)16(20)23-8-9-3-5-10(6-4-9)18(21)22/h3-6,11-12,24H,2,7-8H2,1H3. The first-order valence-corrected chi connectivity index (χ1v) is 8.04. The molecular formula is C16H16N2O5S. The molecule has 2 unspecified atom stereocenters. The first-order chi connectivity index (χ1) is 11.4. The number of non-ortho nitro benzene ring substituents is 1. The van der Waals surface area contributed by atoms with Crippen molar-refractivity contribution in [3.05, 3.63) is 50.5 Å². The van der Waals surface area contributed by atoms with E-state index in [1.165, 1.54) is 29.2 Å². The van der Waals surface area contributed by atoms with E-state index in [2.05, 4.69) is 12.6 Å². The van der Waals surface area contributed by atoms with Gasteiger partial charge in [-0.1, -0.05) is 6.92 Å². The van der Waals surface area contributed by atoms with Crippen LogP contribution in [0.25, 0.3) is 0 Å². The minimum absolute atomic E-state index is 0.0110. The number of hydrogen-bond donors (Lipinski definition) is 1. The Labute approximate surface area is 143 Å². The molecule has 3 rings (SSSR count). The fraction of sp³-hybridized carbons (Fsp3) is 0.375. The van der Waals surface area contributed by atoms with E-state index < -0.39 is 10.9 Å². The fourth-order valence-corrected chi connectivity index (χ4v) is 3.53. The van der Waals surface area contributed by atoms with Gasteiger partial charge in [0, 0.05) is 23.5 Å². The zero-order valence-corrected chi connectivity index (χ0v) is 13.9. The van der Waals surface area contributed by atoms with Gasteiger partial charge in [-0.2, -0.15) is 0 Å². The maximum Gasteiger partial charge on any atom is 0.356 e. The Morgan fingerprint density at radius 2 is 2.08 bits per heavy atom. The highest BCUT2D eigenvalue weighted by Gasteiger charge is 2.53. The van der Waals surface area contributed by atoms with E-state index in [9.17, 15) is 19.7 Å². The van der Waals surface area contributed by atoms with Crippen molar-refractivity contribution in [2.24, 2.45) is 5.92 Å². The highest BCUT2D eigenvalue weighted by molar-refractivity contribution is 7.84. The number of fused-ring (bicyclic) bond motifs is 1. The van der Waals surface area contributed by atoms with Crippen LogP contribution in [0.1, 0.15) is 25.3 Å². The van der Waals surface area contributed by atoms with Gasteiger partial charge in [0.1, 0.15) is 12.3 Å². The highest BCUT2D eigenvalue weighted by Crippen LogP contribution is 2.44. The van der Waals surface area contributed by atoms with Crippen LogP contribution in [0, 0.1) is 16.0 Å². The lowest BCUT2D eigenvalue weighted by molar-refractivity contribution is -0.384. The van der Waals surface area contributed by atoms with Crippen LogP contribution in [0.2, 0.25) is 0 Å². The van der Waals surface area contributed by atoms with E-state index in [1.54, 1.807) is 0 Å². The van der Waals surface area contributed by atoms with Crippen molar-refractivity contribution in [3.8, 4) is 0 Å². The third-order valence-electron chi connectivity index (χ3n) is 4.42. The second-order valence-electron chi connectivity index (χ2n) is 5.79. The second-order valence-corrected chi connectivity index (χ2v) is 6.33. The molecule has 1 saturated heterocycles. The summed E-state index contributed by atoms with van der Waals surface area (Å²) in [6.07, 6.45) is 1.32. The van der Waals surface area contributed by atoms with Crippen molar-refractivity contribution >= 4 is 30.2 Å². The van der Waals surface area contributed by atoms with Gasteiger partial charge in [-0.05, 0) is 24.1 Å². The van der Waals surface area contributed by atoms with Crippen LogP contribution in [0.5, 0.6) is 0 Å². The molecule has 0 N–H and O–H groups in total. The largest absolute Gasteiger partial charge is 0.456 e. The average Bonchev–Trinajstić information content (AvgIpc) is 2.86. The summed E-state index contributed by atoms with van der Waals surface area (Å²) in [7, 11) is 0. The van der Waals surface area contributed by atoms with Gasteiger partial charge < -0.3 is 9.64 Å². The van der Waals surface area contributed by atoms with Gasteiger partial charge in [-0.15, -0.1) is 12.6 Å². The predicted octanol–water partition coefficient (Wildman–Crippen LogP) is 2.42. The Morgan fingerprint density at radius 3 is 2.67 bits per heavy atom. The highest BCUT2D eigenvalue weighted by atomic mass is 32.1. The van der Waals surface area contributed by atoms with E-state index >= 15 is 0 Å². The summed E-state index contributed by atoms with van der Waals surface area (Å²) in [6, 6.07) is 5.77. The number of nitrogens with zero attached hydrogens (tertiary/aromatic N) is 2. The van der Waals surface area contributed by atoms with Crippen molar-refractivity contribution < 1.29 is 19.2 Å². The van der Waals surface area contributed by atoms with Gasteiger partial charge >= 0.3 is 5.97 Å². The predicted molar refractivity (Wildman–Crippen MR) is 87.9 cm³/mol. The molecule has 126 valence electrons. The summed E-state index contributed by atoms with van der Waals surface area (Å²) in [6.45, 7) is 1.92. The van der Waals surface area contributed by atoms with Crippen molar-refractivity contribution in [2.45, 2.75) is 32.4 Å². The Kier molecular flexibility index (Phi) is 4.31. The summed E-state index contributed by atoms with van der Waals surface area (Å²) in [5, 5.41) is 10.6. The number of nitro groups is 1. The first kappa shape index (κ1) is 16.5. The number of hydrogen-bond acceptors (Lipinski definition) is 6. The summed E-state index contributed by atoms with van der Waals surface area (Å²) < 4.78 is 5.24. The smallest absolute Gasteiger partial charge is 0.356 e. The summed E-state index contributed by atoms with van der Waals surface area (Å²) in [4.78, 5) is 36.6. The quantitative estimate of drug-likeness (QED) is 0.290. The Bertz CT molecular complexity index is 743. The molecule has 0 spiro atoms. The van der Waals surface area contributed by atoms with Gasteiger partial charge in [-0.3, -0.25) is 14.9 Å². The van der Waals surface area contributed by atoms with Gasteiger partial charge in [0.2, 0.25) is 5.91 Å². The van der Waals surface area contributed by atoms with E-state index in [0.717, 1.165) is 6.42 Å². The van der Waals surface area contributed by atoms with Crippen molar-refractivity contribution in [1.29, 1.82) is 0 Å². The Hall–Kier alpha value is -2.35. The molecule has 0 aromatic heterocycles. The molecule has 2 atom stereocenters. The number of rotatable bonds is 5. The third-order valence-corrected chi connectivity index (χ3v) is 4.81. The molecular weight excluding hydrogens is 332 g/mol. The molecule has 7 nitrogen and oxygen atoms in total. The number of β-lactam (4-membered cyclic amide) rings is 1. The molecule has 24 heavy (non-hydrogen) atoms. The number of benzene rings is 1. The van der Waals surface area contributed by atoms with Gasteiger partial charge in [0.15, 0.2) is 0 Å². The average molecular weight is 348 g/mol. The number of amides is 1. The topological polar surface area (TPSA) is 89.8 Å². The maximum absolute atomic E-state index is 12.3. The van der Waals surface area contributed by atoms with Gasteiger partial charge in [-0.25, -0.2) is 4.79 Å². The molecule has 0 aliphatic carbocycles. The number of ether oxygens (including phenoxy) is 1. The minimum Gasteiger partial charge on any atom is -0.456 e. The van der Waals surface area contributed by atoms with E-state index in [4.69, 9.17) is 4.74 Å². The summed E-state index contributed by atoms with van der Waals surface area (Å²) in [5.41, 5.74) is 0.826. The number of carbonyl (C=O) groups excluding carboxylic acids is 2. The third kappa shape index (κ3) is 2.66. The molecule has 2 heterocycles. The van der Waals surface area contributed by atoms with Crippen LogP contribution in [0.4, 0.5) is 5.69 Å². The van der Waals surface area contributed by atoms with Crippen molar-refractivity contribution in [3.63, 3.8) is 0 Å². The maximum atomic E-state index is 12.3. The minimum atomic E-state index is -0.594. The molecule has 0 saturated carbocycles. The van der Waals surface area contributed by atoms with Crippen LogP contribution in [0.3, 0.4) is 0 Å². The van der Waals surface area contributed by atoms with Gasteiger partial charge in [0.25, 0.3) is 5.69 Å². The number of thiol groups is 1. The molecule has 8 heteroatoms. The number of carbonyl (C=O) groups is 2. The van der Waals surface area contributed by atoms with Crippen molar-refractivity contribution in [1.82, 2.24) is 4.90 Å². The summed E-state index contributed by atoms with van der Waals surface area (Å²) in [5.74, 6) is -0.704. The normalized spacial score (nSPS) is 22.2. The number of nitro benzene ring substituents is 1. The molecule has 1 aromatic rings. The second kappa shape index (κ2) is 6.27. The zero-order valence-electron chi connectivity index (χ0n) is 13.0. The zero-order chi connectivity index (χ0) is 17.4. The van der Waals surface area contributed by atoms with E-state index in [1.807, 2.05) is 6.92 Å². The molecule has 1 fully saturated rings. The van der Waals surface area contributed by atoms with Crippen LogP contribution < -0.4 is 0 Å². The lowest BCUT2D eigenvalue weighted by Gasteiger charge is -2.43. The Balaban J connectivity index is 1.64. The van der Waals surface area contributed by atoms with E-state index in [-0.39, 0.29) is 35.9 Å². The fourth-order valence-electron chi connectivity index (χ4n) is 3.14. The molecule has 2 aliphatic rings. The Morgan fingerprint density at radius 1 is 1.42 bits per heavy atom. The van der Waals surface area contributed by atoms with Crippen LogP contribution in [0.15, 0.2) is 34.9 Å². The lowest BCUT2D eigenvalue weighted by Crippen LogP contribution is -2.58. The van der Waals surface area contributed by atoms with Crippen molar-refractivity contribution in [2.75, 3.05) is 0 Å². The lowest BCUT2D eigenvalue weighted by atomic mass is 9.85. The summed E-state index contributed by atoms with van der Waals surface area (Å²) >= 11 is 4.33. The molecule has 1 aromatic carbocycles. The van der Waals surface area contributed by atoms with Crippen LogP contribution in [-0.2, 0) is 20.9 Å². The monoisotopic (exact) mass is 348 g/mol. The number of esters is 1. The van der Waals surface area contributed by atoms with Crippen LogP contribution in [-0.4, -0.2) is 27.7 Å². The van der Waals surface area contributed by atoms with Crippen LogP contribution >= 0.6 is 12.6 Å². The van der Waals surface area contributed by atoms with E-state index in [0.29, 0.717) is 16.9 Å². The molecule has 2 aliphatic heterocycles. The molecule has 0 radical (unpaired) electrons.